The first-order valence-corrected chi connectivity index (χ1v) is 9.22. The molecule has 0 bridgehead atoms. The van der Waals surface area contributed by atoms with E-state index >= 15 is 0 Å². The minimum Gasteiger partial charge on any atom is -0.493 e. The Balaban J connectivity index is 1.63. The van der Waals surface area contributed by atoms with E-state index in [4.69, 9.17) is 9.47 Å². The van der Waals surface area contributed by atoms with Crippen LogP contribution in [0.2, 0.25) is 0 Å². The van der Waals surface area contributed by atoms with Crippen LogP contribution in [0.15, 0.2) is 42.6 Å². The molecule has 0 unspecified atom stereocenters. The van der Waals surface area contributed by atoms with Gasteiger partial charge in [-0.2, -0.15) is 0 Å². The van der Waals surface area contributed by atoms with E-state index < -0.39 is 11.6 Å². The van der Waals surface area contributed by atoms with Gasteiger partial charge in [-0.15, -0.1) is 5.10 Å². The van der Waals surface area contributed by atoms with Crippen molar-refractivity contribution in [3.8, 4) is 11.5 Å². The van der Waals surface area contributed by atoms with Crippen LogP contribution >= 0.6 is 0 Å². The summed E-state index contributed by atoms with van der Waals surface area (Å²) in [6.45, 7) is 0.275. The molecule has 1 amide bonds. The fraction of sp³-hybridized carbons (Fsp3) is 0.286. The lowest BCUT2D eigenvalue weighted by Gasteiger charge is -2.16. The molecule has 158 valence electrons. The molecule has 0 aliphatic carbocycles. The Hall–Kier alpha value is -3.49. The largest absolute Gasteiger partial charge is 0.493 e. The van der Waals surface area contributed by atoms with E-state index in [0.717, 1.165) is 5.56 Å². The van der Waals surface area contributed by atoms with Gasteiger partial charge in [0.25, 0.3) is 5.91 Å². The number of aromatic nitrogens is 3. The Kier molecular flexibility index (Phi) is 6.61. The van der Waals surface area contributed by atoms with E-state index in [0.29, 0.717) is 24.5 Å². The van der Waals surface area contributed by atoms with Crippen LogP contribution in [-0.4, -0.2) is 53.6 Å². The van der Waals surface area contributed by atoms with Gasteiger partial charge in [0, 0.05) is 19.2 Å². The summed E-state index contributed by atoms with van der Waals surface area (Å²) in [4.78, 5) is 14.1. The SMILES string of the molecule is COc1ccc(CCN(C)C(=O)c2cn(Cc3c(F)cccc3F)nn2)cc1OC. The molecule has 0 saturated heterocycles. The van der Waals surface area contributed by atoms with Crippen LogP contribution < -0.4 is 9.47 Å². The van der Waals surface area contributed by atoms with Crippen LogP contribution in [0.1, 0.15) is 21.6 Å². The average molecular weight is 416 g/mol. The predicted molar refractivity (Wildman–Crippen MR) is 106 cm³/mol. The molecule has 0 aliphatic rings. The first kappa shape index (κ1) is 21.2. The molecule has 1 heterocycles. The summed E-state index contributed by atoms with van der Waals surface area (Å²) < 4.78 is 39.3. The van der Waals surface area contributed by atoms with E-state index in [1.807, 2.05) is 18.2 Å². The third-order valence-electron chi connectivity index (χ3n) is 4.67. The third kappa shape index (κ3) is 4.73. The summed E-state index contributed by atoms with van der Waals surface area (Å²) in [5.74, 6) is -0.438. The number of amides is 1. The van der Waals surface area contributed by atoms with Gasteiger partial charge in [0.2, 0.25) is 0 Å². The maximum Gasteiger partial charge on any atom is 0.275 e. The van der Waals surface area contributed by atoms with Gasteiger partial charge in [0.05, 0.1) is 27.0 Å². The maximum absolute atomic E-state index is 13.8. The van der Waals surface area contributed by atoms with E-state index in [9.17, 15) is 13.6 Å². The lowest BCUT2D eigenvalue weighted by atomic mass is 10.1. The Morgan fingerprint density at radius 3 is 2.47 bits per heavy atom. The van der Waals surface area contributed by atoms with Crippen molar-refractivity contribution in [1.29, 1.82) is 0 Å². The number of hydrogen-bond donors (Lipinski definition) is 0. The van der Waals surface area contributed by atoms with E-state index in [2.05, 4.69) is 10.3 Å². The van der Waals surface area contributed by atoms with Gasteiger partial charge in [-0.05, 0) is 36.2 Å². The number of carbonyl (C=O) groups is 1. The van der Waals surface area contributed by atoms with Crippen molar-refractivity contribution in [2.75, 3.05) is 27.8 Å². The molecule has 0 atom stereocenters. The molecule has 3 aromatic rings. The second-order valence-electron chi connectivity index (χ2n) is 6.67. The second kappa shape index (κ2) is 9.34. The van der Waals surface area contributed by atoms with E-state index in [1.165, 1.54) is 34.0 Å². The van der Waals surface area contributed by atoms with Crippen molar-refractivity contribution in [2.24, 2.45) is 0 Å². The smallest absolute Gasteiger partial charge is 0.275 e. The number of benzene rings is 2. The maximum atomic E-state index is 13.8. The zero-order valence-electron chi connectivity index (χ0n) is 16.9. The van der Waals surface area contributed by atoms with E-state index in [-0.39, 0.29) is 23.7 Å². The number of hydrogen-bond acceptors (Lipinski definition) is 5. The molecule has 0 N–H and O–H groups in total. The van der Waals surface area contributed by atoms with Crippen molar-refractivity contribution in [1.82, 2.24) is 19.9 Å². The zero-order chi connectivity index (χ0) is 21.7. The molecule has 0 aliphatic heterocycles. The molecule has 30 heavy (non-hydrogen) atoms. The molecular formula is C21H22F2N4O3. The van der Waals surface area contributed by atoms with Gasteiger partial charge in [-0.1, -0.05) is 17.3 Å². The summed E-state index contributed by atoms with van der Waals surface area (Å²) in [5, 5.41) is 7.65. The number of methoxy groups -OCH3 is 2. The van der Waals surface area contributed by atoms with Gasteiger partial charge < -0.3 is 14.4 Å². The molecule has 2 aromatic carbocycles. The van der Waals surface area contributed by atoms with Crippen molar-refractivity contribution in [2.45, 2.75) is 13.0 Å². The average Bonchev–Trinajstić information content (AvgIpc) is 3.22. The van der Waals surface area contributed by atoms with Crippen LogP contribution in [0, 0.1) is 11.6 Å². The van der Waals surface area contributed by atoms with Crippen LogP contribution in [0.3, 0.4) is 0 Å². The Morgan fingerprint density at radius 1 is 1.10 bits per heavy atom. The van der Waals surface area contributed by atoms with Crippen LogP contribution in [0.25, 0.3) is 0 Å². The number of nitrogens with zero attached hydrogens (tertiary/aromatic N) is 4. The predicted octanol–water partition coefficient (Wildman–Crippen LogP) is 2.94. The normalized spacial score (nSPS) is 10.7. The van der Waals surface area contributed by atoms with E-state index in [1.54, 1.807) is 21.3 Å². The first-order valence-electron chi connectivity index (χ1n) is 9.22. The van der Waals surface area contributed by atoms with Gasteiger partial charge in [-0.3, -0.25) is 4.79 Å². The molecule has 9 heteroatoms. The van der Waals surface area contributed by atoms with Crippen LogP contribution in [0.5, 0.6) is 11.5 Å². The van der Waals surface area contributed by atoms with Gasteiger partial charge in [0.15, 0.2) is 17.2 Å². The highest BCUT2D eigenvalue weighted by Crippen LogP contribution is 2.27. The Bertz CT molecular complexity index is 1020. The van der Waals surface area contributed by atoms with Crippen molar-refractivity contribution < 1.29 is 23.0 Å². The highest BCUT2D eigenvalue weighted by molar-refractivity contribution is 5.91. The highest BCUT2D eigenvalue weighted by Gasteiger charge is 2.17. The molecule has 0 fully saturated rings. The number of likely N-dealkylation sites (N-methyl/N-ethyl adjacent to an activating group) is 1. The van der Waals surface area contributed by atoms with Crippen molar-refractivity contribution >= 4 is 5.91 Å². The quantitative estimate of drug-likeness (QED) is 0.565. The standard InChI is InChI=1S/C21H22F2N4O3/c1-26(10-9-14-7-8-19(29-2)20(11-14)30-3)21(28)18-13-27(25-24-18)12-15-16(22)5-4-6-17(15)23/h4-8,11,13H,9-10,12H2,1-3H3. The molecular weight excluding hydrogens is 394 g/mol. The van der Waals surface area contributed by atoms with Crippen LogP contribution in [0.4, 0.5) is 8.78 Å². The summed E-state index contributed by atoms with van der Waals surface area (Å²) >= 11 is 0. The van der Waals surface area contributed by atoms with Gasteiger partial charge in [-0.25, -0.2) is 13.5 Å². The molecule has 0 radical (unpaired) electrons. The fourth-order valence-corrected chi connectivity index (χ4v) is 2.95. The summed E-state index contributed by atoms with van der Waals surface area (Å²) in [6.07, 6.45) is 1.97. The summed E-state index contributed by atoms with van der Waals surface area (Å²) in [7, 11) is 4.78. The minimum atomic E-state index is -0.676. The number of carbonyl (C=O) groups excluding carboxylic acids is 1. The Labute approximate surface area is 172 Å². The molecule has 3 rings (SSSR count). The topological polar surface area (TPSA) is 69.5 Å². The third-order valence-corrected chi connectivity index (χ3v) is 4.67. The van der Waals surface area contributed by atoms with Gasteiger partial charge in [0.1, 0.15) is 11.6 Å². The summed E-state index contributed by atoms with van der Waals surface area (Å²) in [5.41, 5.74) is 0.941. The molecule has 7 nitrogen and oxygen atoms in total. The molecule has 1 aromatic heterocycles. The fourth-order valence-electron chi connectivity index (χ4n) is 2.95. The van der Waals surface area contributed by atoms with Gasteiger partial charge >= 0.3 is 0 Å². The molecule has 0 spiro atoms. The first-order chi connectivity index (χ1) is 14.4. The number of halogens is 2. The Morgan fingerprint density at radius 2 is 1.80 bits per heavy atom. The highest BCUT2D eigenvalue weighted by atomic mass is 19.1. The minimum absolute atomic E-state index is 0.0987. The zero-order valence-corrected chi connectivity index (χ0v) is 16.9. The lowest BCUT2D eigenvalue weighted by Crippen LogP contribution is -2.29. The second-order valence-corrected chi connectivity index (χ2v) is 6.67. The lowest BCUT2D eigenvalue weighted by molar-refractivity contribution is 0.0790. The van der Waals surface area contributed by atoms with Crippen LogP contribution in [-0.2, 0) is 13.0 Å². The monoisotopic (exact) mass is 416 g/mol. The van der Waals surface area contributed by atoms with Crippen molar-refractivity contribution in [3.05, 3.63) is 71.1 Å². The number of rotatable bonds is 8. The van der Waals surface area contributed by atoms with Crippen molar-refractivity contribution in [3.63, 3.8) is 0 Å². The molecule has 0 saturated carbocycles. The summed E-state index contributed by atoms with van der Waals surface area (Å²) in [6, 6.07) is 9.20. The number of ether oxygens (including phenoxy) is 2.